The van der Waals surface area contributed by atoms with E-state index in [1.54, 1.807) is 24.5 Å². The molecule has 0 aliphatic rings. The Bertz CT molecular complexity index is 1620. The molecule has 0 atom stereocenters. The van der Waals surface area contributed by atoms with Crippen LogP contribution in [0.1, 0.15) is 25.1 Å². The summed E-state index contributed by atoms with van der Waals surface area (Å²) in [4.78, 5) is 17.5. The fourth-order valence-corrected chi connectivity index (χ4v) is 4.30. The van der Waals surface area contributed by atoms with Gasteiger partial charge in [-0.15, -0.1) is 0 Å². The van der Waals surface area contributed by atoms with Gasteiger partial charge in [0.2, 0.25) is 5.91 Å². The second-order valence-electron chi connectivity index (χ2n) is 8.58. The summed E-state index contributed by atoms with van der Waals surface area (Å²) in [5, 5.41) is 4.71. The molecule has 5 rings (SSSR count). The predicted octanol–water partition coefficient (Wildman–Crippen LogP) is 7.54. The first-order chi connectivity index (χ1) is 17.4. The molecule has 0 saturated heterocycles. The molecule has 1 N–H and O–H groups in total. The summed E-state index contributed by atoms with van der Waals surface area (Å²) >= 11 is 0. The summed E-state index contributed by atoms with van der Waals surface area (Å²) < 4.78 is 25.1. The summed E-state index contributed by atoms with van der Waals surface area (Å²) in [6.45, 7) is 6.17. The average Bonchev–Trinajstić information content (AvgIpc) is 3.27. The lowest BCUT2D eigenvalue weighted by Crippen LogP contribution is -2.09. The van der Waals surface area contributed by atoms with Crippen molar-refractivity contribution in [1.82, 2.24) is 4.98 Å². The van der Waals surface area contributed by atoms with Gasteiger partial charge in [-0.2, -0.15) is 0 Å². The van der Waals surface area contributed by atoms with Gasteiger partial charge < -0.3 is 14.5 Å². The maximum absolute atomic E-state index is 13.4. The van der Waals surface area contributed by atoms with Gasteiger partial charge in [0.25, 0.3) is 0 Å². The van der Waals surface area contributed by atoms with Gasteiger partial charge in [-0.1, -0.05) is 18.2 Å². The van der Waals surface area contributed by atoms with E-state index in [1.807, 2.05) is 63.2 Å². The Morgan fingerprint density at radius 3 is 2.67 bits per heavy atom. The van der Waals surface area contributed by atoms with Gasteiger partial charge in [-0.25, -0.2) is 4.39 Å². The molecule has 6 heteroatoms. The highest BCUT2D eigenvalue weighted by Crippen LogP contribution is 2.37. The number of fused-ring (bicyclic) bond motifs is 2. The summed E-state index contributed by atoms with van der Waals surface area (Å²) in [6, 6.07) is 19.6. The van der Waals surface area contributed by atoms with Gasteiger partial charge in [0, 0.05) is 39.7 Å². The summed E-state index contributed by atoms with van der Waals surface area (Å²) in [5.74, 6) is 0.0678. The molecule has 0 aliphatic heterocycles. The van der Waals surface area contributed by atoms with Crippen LogP contribution in [0.15, 0.2) is 83.5 Å². The molecule has 1 amide bonds. The lowest BCUT2D eigenvalue weighted by molar-refractivity contribution is -0.111. The van der Waals surface area contributed by atoms with E-state index in [-0.39, 0.29) is 11.7 Å². The zero-order chi connectivity index (χ0) is 25.2. The van der Waals surface area contributed by atoms with Crippen LogP contribution >= 0.6 is 0 Å². The highest BCUT2D eigenvalue weighted by molar-refractivity contribution is 6.09. The molecule has 180 valence electrons. The molecule has 0 aliphatic carbocycles. The first-order valence-electron chi connectivity index (χ1n) is 11.7. The number of allylic oxidation sites excluding steroid dienone is 1. The smallest absolute Gasteiger partial charge is 0.248 e. The number of rotatable bonds is 6. The van der Waals surface area contributed by atoms with Crippen LogP contribution in [0.25, 0.3) is 38.6 Å². The first-order valence-corrected chi connectivity index (χ1v) is 11.7. The van der Waals surface area contributed by atoms with E-state index in [1.165, 1.54) is 12.1 Å². The van der Waals surface area contributed by atoms with Crippen LogP contribution in [0.3, 0.4) is 0 Å². The molecule has 2 heterocycles. The van der Waals surface area contributed by atoms with Gasteiger partial charge in [0.1, 0.15) is 17.1 Å². The zero-order valence-electron chi connectivity index (χ0n) is 20.3. The molecule has 5 aromatic rings. The number of aryl methyl sites for hydroxylation is 1. The minimum absolute atomic E-state index is 0.255. The maximum Gasteiger partial charge on any atom is 0.248 e. The molecule has 0 fully saturated rings. The molecule has 2 aromatic heterocycles. The number of nitrogens with one attached hydrogen (secondary N) is 1. The number of hydrogen-bond acceptors (Lipinski definition) is 4. The Kier molecular flexibility index (Phi) is 6.25. The molecule has 36 heavy (non-hydrogen) atoms. The zero-order valence-corrected chi connectivity index (χ0v) is 20.3. The van der Waals surface area contributed by atoms with Gasteiger partial charge >= 0.3 is 0 Å². The van der Waals surface area contributed by atoms with Crippen molar-refractivity contribution in [2.24, 2.45) is 0 Å². The molecule has 0 bridgehead atoms. The summed E-state index contributed by atoms with van der Waals surface area (Å²) in [5.41, 5.74) is 6.28. The number of carbonyl (C=O) groups is 1. The van der Waals surface area contributed by atoms with E-state index in [4.69, 9.17) is 9.15 Å². The molecule has 0 unspecified atom stereocenters. The maximum atomic E-state index is 13.4. The number of anilines is 1. The Labute approximate surface area is 208 Å². The lowest BCUT2D eigenvalue weighted by atomic mass is 9.99. The third kappa shape index (κ3) is 4.58. The van der Waals surface area contributed by atoms with Gasteiger partial charge in [-0.05, 0) is 74.4 Å². The Morgan fingerprint density at radius 2 is 1.89 bits per heavy atom. The SMILES string of the molecule is CCOc1cc2occ(-c3ccc(F)cc3)c2cc1/C(C)=C/C(=O)Nc1cccc2nc(C)ccc12. The van der Waals surface area contributed by atoms with Crippen LogP contribution in [0.2, 0.25) is 0 Å². The summed E-state index contributed by atoms with van der Waals surface area (Å²) in [7, 11) is 0. The van der Waals surface area contributed by atoms with Crippen molar-refractivity contribution in [3.05, 3.63) is 96.1 Å². The number of aromatic nitrogens is 1. The number of furan rings is 1. The Balaban J connectivity index is 1.51. The normalized spacial score (nSPS) is 11.7. The molecular weight excluding hydrogens is 455 g/mol. The minimum atomic E-state index is -0.298. The van der Waals surface area contributed by atoms with E-state index >= 15 is 0 Å². The number of pyridine rings is 1. The standard InChI is InChI=1S/C30H25FN2O3/c1-4-35-28-16-29-24(25(17-36-29)20-9-11-21(31)12-10-20)15-23(28)18(2)14-30(34)33-27-7-5-6-26-22(27)13-8-19(3)32-26/h5-17H,4H2,1-3H3,(H,33,34)/b18-14+. The van der Waals surface area contributed by atoms with Crippen molar-refractivity contribution in [2.45, 2.75) is 20.8 Å². The van der Waals surface area contributed by atoms with E-state index in [9.17, 15) is 9.18 Å². The van der Waals surface area contributed by atoms with Crippen LogP contribution in [0, 0.1) is 12.7 Å². The van der Waals surface area contributed by atoms with E-state index < -0.39 is 0 Å². The van der Waals surface area contributed by atoms with Crippen molar-refractivity contribution in [2.75, 3.05) is 11.9 Å². The summed E-state index contributed by atoms with van der Waals surface area (Å²) in [6.07, 6.45) is 3.21. The highest BCUT2D eigenvalue weighted by atomic mass is 19.1. The molecule has 0 saturated carbocycles. The van der Waals surface area contributed by atoms with Crippen LogP contribution in [-0.4, -0.2) is 17.5 Å². The third-order valence-electron chi connectivity index (χ3n) is 6.03. The van der Waals surface area contributed by atoms with Gasteiger partial charge in [-0.3, -0.25) is 9.78 Å². The van der Waals surface area contributed by atoms with Crippen LogP contribution in [-0.2, 0) is 4.79 Å². The number of ether oxygens (including phenoxy) is 1. The minimum Gasteiger partial charge on any atom is -0.493 e. The third-order valence-corrected chi connectivity index (χ3v) is 6.03. The Hall–Kier alpha value is -4.45. The fourth-order valence-electron chi connectivity index (χ4n) is 4.30. The number of halogens is 1. The number of carbonyl (C=O) groups excluding carboxylic acids is 1. The highest BCUT2D eigenvalue weighted by Gasteiger charge is 2.16. The first kappa shape index (κ1) is 23.3. The van der Waals surface area contributed by atoms with Crippen molar-refractivity contribution in [1.29, 1.82) is 0 Å². The largest absolute Gasteiger partial charge is 0.493 e. The topological polar surface area (TPSA) is 64.4 Å². The quantitative estimate of drug-likeness (QED) is 0.255. The molecule has 0 spiro atoms. The predicted molar refractivity (Wildman–Crippen MR) is 142 cm³/mol. The van der Waals surface area contributed by atoms with Crippen molar-refractivity contribution in [3.8, 4) is 16.9 Å². The second-order valence-corrected chi connectivity index (χ2v) is 8.58. The van der Waals surface area contributed by atoms with E-state index in [0.29, 0.717) is 23.6 Å². The van der Waals surface area contributed by atoms with Crippen molar-refractivity contribution in [3.63, 3.8) is 0 Å². The molecule has 5 nitrogen and oxygen atoms in total. The van der Waals surface area contributed by atoms with Crippen molar-refractivity contribution < 1.29 is 18.3 Å². The number of amides is 1. The number of benzene rings is 3. The van der Waals surface area contributed by atoms with Gasteiger partial charge in [0.05, 0.1) is 24.1 Å². The van der Waals surface area contributed by atoms with Crippen LogP contribution < -0.4 is 10.1 Å². The second kappa shape index (κ2) is 9.66. The Morgan fingerprint density at radius 1 is 1.08 bits per heavy atom. The van der Waals surface area contributed by atoms with E-state index in [2.05, 4.69) is 10.3 Å². The monoisotopic (exact) mass is 480 g/mol. The fraction of sp³-hybridized carbons (Fsp3) is 0.133. The van der Waals surface area contributed by atoms with Crippen LogP contribution in [0.4, 0.5) is 10.1 Å². The van der Waals surface area contributed by atoms with Crippen LogP contribution in [0.5, 0.6) is 5.75 Å². The molecule has 3 aromatic carbocycles. The lowest BCUT2D eigenvalue weighted by Gasteiger charge is -2.12. The van der Waals surface area contributed by atoms with Gasteiger partial charge in [0.15, 0.2) is 0 Å². The van der Waals surface area contributed by atoms with E-state index in [0.717, 1.165) is 44.2 Å². The van der Waals surface area contributed by atoms with Crippen molar-refractivity contribution >= 4 is 39.0 Å². The molecular formula is C30H25FN2O3. The number of hydrogen-bond donors (Lipinski definition) is 1. The average molecular weight is 481 g/mol. The number of nitrogens with zero attached hydrogens (tertiary/aromatic N) is 1. The molecule has 0 radical (unpaired) electrons.